The van der Waals surface area contributed by atoms with E-state index >= 15 is 0 Å². The second-order valence-electron chi connectivity index (χ2n) is 7.82. The lowest BCUT2D eigenvalue weighted by molar-refractivity contribution is 0.142. The van der Waals surface area contributed by atoms with Gasteiger partial charge < -0.3 is 10.2 Å². The molecule has 0 spiro atoms. The molecule has 0 saturated carbocycles. The zero-order valence-corrected chi connectivity index (χ0v) is 20.2. The second-order valence-corrected chi connectivity index (χ2v) is 10.1. The van der Waals surface area contributed by atoms with Gasteiger partial charge in [-0.2, -0.15) is 9.61 Å². The summed E-state index contributed by atoms with van der Waals surface area (Å²) >= 11 is 9.15. The van der Waals surface area contributed by atoms with E-state index in [0.717, 1.165) is 15.4 Å². The van der Waals surface area contributed by atoms with Crippen molar-refractivity contribution in [2.75, 3.05) is 31.5 Å². The van der Waals surface area contributed by atoms with Crippen LogP contribution in [0.15, 0.2) is 46.6 Å². The Labute approximate surface area is 203 Å². The molecule has 11 heteroatoms. The van der Waals surface area contributed by atoms with Crippen molar-refractivity contribution in [1.82, 2.24) is 24.4 Å². The second kappa shape index (κ2) is 9.22. The van der Waals surface area contributed by atoms with Gasteiger partial charge in [-0.05, 0) is 36.1 Å². The first-order valence-electron chi connectivity index (χ1n) is 10.4. The normalized spacial score (nSPS) is 14.7. The van der Waals surface area contributed by atoms with Crippen molar-refractivity contribution >= 4 is 51.0 Å². The van der Waals surface area contributed by atoms with Gasteiger partial charge >= 0.3 is 6.03 Å². The zero-order valence-electron chi connectivity index (χ0n) is 17.8. The number of thiophene rings is 1. The highest BCUT2D eigenvalue weighted by atomic mass is 35.5. The molecule has 0 aliphatic carbocycles. The van der Waals surface area contributed by atoms with Crippen LogP contribution in [-0.2, 0) is 6.54 Å². The summed E-state index contributed by atoms with van der Waals surface area (Å²) in [5.41, 5.74) is 2.19. The number of fused-ring (bicyclic) bond motifs is 1. The number of hydrogen-bond acceptors (Lipinski definition) is 7. The number of nitrogens with one attached hydrogen (secondary N) is 1. The van der Waals surface area contributed by atoms with Crippen LogP contribution < -0.4 is 10.9 Å². The molecule has 1 aliphatic heterocycles. The molecule has 5 rings (SSSR count). The van der Waals surface area contributed by atoms with Crippen LogP contribution in [0.5, 0.6) is 0 Å². The summed E-state index contributed by atoms with van der Waals surface area (Å²) in [7, 11) is 0. The molecule has 170 valence electrons. The van der Waals surface area contributed by atoms with Gasteiger partial charge in [0.25, 0.3) is 5.56 Å². The van der Waals surface area contributed by atoms with E-state index < -0.39 is 0 Å². The standard InChI is InChI=1S/C22H21ClN6O2S2/c1-14-4-5-15(11-17(14)23)24-21(31)28-8-6-27(7-9-28)13-16-12-19(30)29-22(25-16)33-20(26-29)18-3-2-10-32-18/h2-5,10-12H,6-9,13H2,1H3,(H,24,31). The summed E-state index contributed by atoms with van der Waals surface area (Å²) in [6, 6.07) is 10.8. The predicted molar refractivity (Wildman–Crippen MR) is 133 cm³/mol. The fourth-order valence-corrected chi connectivity index (χ4v) is 5.54. The summed E-state index contributed by atoms with van der Waals surface area (Å²) in [4.78, 5) is 35.4. The smallest absolute Gasteiger partial charge is 0.321 e. The first kappa shape index (κ1) is 22.0. The molecule has 1 aliphatic rings. The Morgan fingerprint density at radius 2 is 2.00 bits per heavy atom. The van der Waals surface area contributed by atoms with E-state index in [4.69, 9.17) is 11.6 Å². The number of carbonyl (C=O) groups is 1. The lowest BCUT2D eigenvalue weighted by atomic mass is 10.2. The molecule has 1 aromatic carbocycles. The van der Waals surface area contributed by atoms with Crippen LogP contribution in [0, 0.1) is 6.92 Å². The first-order valence-corrected chi connectivity index (χ1v) is 12.5. The van der Waals surface area contributed by atoms with Crippen molar-refractivity contribution in [1.29, 1.82) is 0 Å². The summed E-state index contributed by atoms with van der Waals surface area (Å²) in [5, 5.41) is 10.7. The van der Waals surface area contributed by atoms with Gasteiger partial charge in [0.15, 0.2) is 5.01 Å². The third-order valence-corrected chi connectivity index (χ3v) is 7.85. The number of aryl methyl sites for hydroxylation is 1. The summed E-state index contributed by atoms with van der Waals surface area (Å²) < 4.78 is 1.36. The Morgan fingerprint density at radius 3 is 2.73 bits per heavy atom. The summed E-state index contributed by atoms with van der Waals surface area (Å²) in [6.07, 6.45) is 0. The van der Waals surface area contributed by atoms with E-state index in [9.17, 15) is 9.59 Å². The highest BCUT2D eigenvalue weighted by Crippen LogP contribution is 2.28. The number of nitrogens with zero attached hydrogens (tertiary/aromatic N) is 5. The van der Waals surface area contributed by atoms with Gasteiger partial charge in [-0.15, -0.1) is 11.3 Å². The Morgan fingerprint density at radius 1 is 1.18 bits per heavy atom. The van der Waals surface area contributed by atoms with E-state index in [1.54, 1.807) is 28.4 Å². The number of piperazine rings is 1. The average Bonchev–Trinajstić information content (AvgIpc) is 3.47. The van der Waals surface area contributed by atoms with Gasteiger partial charge in [-0.1, -0.05) is 35.1 Å². The number of hydrogen-bond donors (Lipinski definition) is 1. The number of urea groups is 1. The highest BCUT2D eigenvalue weighted by molar-refractivity contribution is 7.23. The SMILES string of the molecule is Cc1ccc(NC(=O)N2CCN(Cc3cc(=O)n4nc(-c5cccs5)sc4n3)CC2)cc1Cl. The minimum absolute atomic E-state index is 0.141. The molecular weight excluding hydrogens is 480 g/mol. The lowest BCUT2D eigenvalue weighted by Gasteiger charge is -2.34. The van der Waals surface area contributed by atoms with Gasteiger partial charge in [0.2, 0.25) is 4.96 Å². The number of amides is 2. The largest absolute Gasteiger partial charge is 0.322 e. The van der Waals surface area contributed by atoms with Gasteiger partial charge in [-0.3, -0.25) is 9.69 Å². The van der Waals surface area contributed by atoms with E-state index in [1.807, 2.05) is 36.6 Å². The predicted octanol–water partition coefficient (Wildman–Crippen LogP) is 4.19. The van der Waals surface area contributed by atoms with Gasteiger partial charge in [0.05, 0.1) is 10.6 Å². The van der Waals surface area contributed by atoms with Gasteiger partial charge in [0.1, 0.15) is 0 Å². The maximum atomic E-state index is 12.6. The minimum Gasteiger partial charge on any atom is -0.322 e. The molecule has 1 saturated heterocycles. The number of aromatic nitrogens is 3. The monoisotopic (exact) mass is 500 g/mol. The van der Waals surface area contributed by atoms with Crippen LogP contribution in [0.3, 0.4) is 0 Å². The molecule has 0 unspecified atom stereocenters. The third-order valence-electron chi connectivity index (χ3n) is 5.50. The van der Waals surface area contributed by atoms with E-state index in [0.29, 0.717) is 54.1 Å². The summed E-state index contributed by atoms with van der Waals surface area (Å²) in [5.74, 6) is 0. The number of rotatable bonds is 4. The molecule has 8 nitrogen and oxygen atoms in total. The molecule has 0 atom stereocenters. The van der Waals surface area contributed by atoms with Crippen molar-refractivity contribution in [3.05, 3.63) is 68.4 Å². The third kappa shape index (κ3) is 4.79. The molecular formula is C22H21ClN6O2S2. The Bertz CT molecular complexity index is 1360. The molecule has 2 amide bonds. The molecule has 0 bridgehead atoms. The van der Waals surface area contributed by atoms with Crippen LogP contribution in [-0.4, -0.2) is 56.6 Å². The number of anilines is 1. The van der Waals surface area contributed by atoms with Crippen molar-refractivity contribution in [3.8, 4) is 9.88 Å². The molecule has 0 radical (unpaired) electrons. The van der Waals surface area contributed by atoms with E-state index in [1.165, 1.54) is 15.9 Å². The van der Waals surface area contributed by atoms with Crippen molar-refractivity contribution in [2.45, 2.75) is 13.5 Å². The quantitative estimate of drug-likeness (QED) is 0.454. The fourth-order valence-electron chi connectivity index (χ4n) is 3.65. The molecule has 33 heavy (non-hydrogen) atoms. The van der Waals surface area contributed by atoms with Crippen molar-refractivity contribution in [3.63, 3.8) is 0 Å². The summed E-state index contributed by atoms with van der Waals surface area (Å²) in [6.45, 7) is 5.07. The number of carbonyl (C=O) groups excluding carboxylic acids is 1. The maximum absolute atomic E-state index is 12.6. The Kier molecular flexibility index (Phi) is 6.15. The van der Waals surface area contributed by atoms with E-state index in [-0.39, 0.29) is 11.6 Å². The fraction of sp³-hybridized carbons (Fsp3) is 0.273. The van der Waals surface area contributed by atoms with Crippen LogP contribution in [0.25, 0.3) is 14.8 Å². The lowest BCUT2D eigenvalue weighted by Crippen LogP contribution is -2.49. The average molecular weight is 501 g/mol. The molecule has 1 fully saturated rings. The van der Waals surface area contributed by atoms with Crippen LogP contribution in [0.2, 0.25) is 5.02 Å². The van der Waals surface area contributed by atoms with Gasteiger partial charge in [0, 0.05) is 49.5 Å². The maximum Gasteiger partial charge on any atom is 0.321 e. The van der Waals surface area contributed by atoms with Gasteiger partial charge in [-0.25, -0.2) is 9.78 Å². The molecule has 4 aromatic rings. The first-order chi connectivity index (χ1) is 16.0. The Balaban J connectivity index is 1.21. The minimum atomic E-state index is -0.177. The Hall–Kier alpha value is -2.79. The zero-order chi connectivity index (χ0) is 22.9. The number of benzene rings is 1. The highest BCUT2D eigenvalue weighted by Gasteiger charge is 2.22. The molecule has 4 heterocycles. The van der Waals surface area contributed by atoms with Crippen LogP contribution in [0.4, 0.5) is 10.5 Å². The topological polar surface area (TPSA) is 82.8 Å². The molecule has 3 aromatic heterocycles. The van der Waals surface area contributed by atoms with E-state index in [2.05, 4.69) is 20.3 Å². The van der Waals surface area contributed by atoms with Crippen LogP contribution in [0.1, 0.15) is 11.3 Å². The number of halogens is 1. The van der Waals surface area contributed by atoms with Crippen molar-refractivity contribution in [2.24, 2.45) is 0 Å². The van der Waals surface area contributed by atoms with Crippen LogP contribution >= 0.6 is 34.3 Å². The van der Waals surface area contributed by atoms with Crippen molar-refractivity contribution < 1.29 is 4.79 Å². The molecule has 1 N–H and O–H groups in total.